The Bertz CT molecular complexity index is 1380. The number of methoxy groups -OCH3 is 1. The number of morpholine rings is 1. The highest BCUT2D eigenvalue weighted by Crippen LogP contribution is 2.29. The summed E-state index contributed by atoms with van der Waals surface area (Å²) in [4.78, 5) is 31.9. The third kappa shape index (κ3) is 5.33. The van der Waals surface area contributed by atoms with E-state index in [0.29, 0.717) is 43.3 Å². The van der Waals surface area contributed by atoms with Crippen LogP contribution in [-0.4, -0.2) is 63.9 Å². The van der Waals surface area contributed by atoms with Crippen LogP contribution in [0.1, 0.15) is 30.3 Å². The normalized spacial score (nSPS) is 14.6. The Morgan fingerprint density at radius 3 is 2.43 bits per heavy atom. The molecule has 2 aromatic heterocycles. The summed E-state index contributed by atoms with van der Waals surface area (Å²) in [6.45, 7) is 2.02. The van der Waals surface area contributed by atoms with Gasteiger partial charge < -0.3 is 19.7 Å². The Hall–Kier alpha value is -4.19. The molecule has 1 aliphatic rings. The predicted molar refractivity (Wildman–Crippen MR) is 132 cm³/mol. The van der Waals surface area contributed by atoms with Crippen molar-refractivity contribution in [3.05, 3.63) is 66.0 Å². The number of nitrogens with zero attached hydrogens (tertiary/aromatic N) is 6. The van der Waals surface area contributed by atoms with Crippen LogP contribution >= 0.6 is 0 Å². The highest BCUT2D eigenvalue weighted by Gasteiger charge is 2.25. The third-order valence-corrected chi connectivity index (χ3v) is 5.99. The lowest BCUT2D eigenvalue weighted by Crippen LogP contribution is -2.37. The average Bonchev–Trinajstić information content (AvgIpc) is 3.34. The van der Waals surface area contributed by atoms with Gasteiger partial charge >= 0.3 is 5.97 Å². The topological polar surface area (TPSA) is 107 Å². The summed E-state index contributed by atoms with van der Waals surface area (Å²) in [5.41, 5.74) is 1.65. The minimum atomic E-state index is -2.86. The zero-order chi connectivity index (χ0) is 25.8. The molecule has 0 spiro atoms. The largest absolute Gasteiger partial charge is 0.469 e. The van der Waals surface area contributed by atoms with Crippen molar-refractivity contribution in [1.82, 2.24) is 24.5 Å². The van der Waals surface area contributed by atoms with E-state index in [1.54, 1.807) is 24.3 Å². The molecule has 1 N–H and O–H groups in total. The molecule has 1 atom stereocenters. The lowest BCUT2D eigenvalue weighted by atomic mass is 10.0. The number of esters is 1. The predicted octanol–water partition coefficient (Wildman–Crippen LogP) is 3.70. The molecule has 0 radical (unpaired) electrons. The van der Waals surface area contributed by atoms with Crippen molar-refractivity contribution in [3.8, 4) is 5.95 Å². The van der Waals surface area contributed by atoms with E-state index in [1.165, 1.54) is 11.7 Å². The SMILES string of the molecule is COC(=O)C[C@H](Nc1nc(N2CCOCC2)nc(-n2c(C(F)F)nc3ccccc32)n1)c1ccccc1. The number of alkyl halides is 2. The summed E-state index contributed by atoms with van der Waals surface area (Å²) in [7, 11) is 1.32. The highest BCUT2D eigenvalue weighted by atomic mass is 19.3. The second-order valence-corrected chi connectivity index (χ2v) is 8.34. The van der Waals surface area contributed by atoms with E-state index in [2.05, 4.69) is 25.3 Å². The molecule has 0 saturated carbocycles. The zero-order valence-electron chi connectivity index (χ0n) is 20.1. The molecule has 192 valence electrons. The monoisotopic (exact) mass is 509 g/mol. The van der Waals surface area contributed by atoms with Crippen molar-refractivity contribution in [2.75, 3.05) is 43.6 Å². The number of fused-ring (bicyclic) bond motifs is 1. The molecule has 1 aliphatic heterocycles. The number of hydrogen-bond acceptors (Lipinski definition) is 9. The summed E-state index contributed by atoms with van der Waals surface area (Å²) < 4.78 is 39.7. The van der Waals surface area contributed by atoms with Crippen LogP contribution in [0.25, 0.3) is 17.0 Å². The van der Waals surface area contributed by atoms with Gasteiger partial charge in [0.25, 0.3) is 6.43 Å². The fourth-order valence-electron chi connectivity index (χ4n) is 4.17. The molecule has 37 heavy (non-hydrogen) atoms. The quantitative estimate of drug-likeness (QED) is 0.356. The van der Waals surface area contributed by atoms with Crippen LogP contribution in [0, 0.1) is 0 Å². The molecule has 1 fully saturated rings. The lowest BCUT2D eigenvalue weighted by molar-refractivity contribution is -0.140. The molecule has 0 amide bonds. The number of imidazole rings is 1. The Morgan fingerprint density at radius 1 is 1.00 bits per heavy atom. The number of carbonyl (C=O) groups is 1. The van der Waals surface area contributed by atoms with Gasteiger partial charge in [0.1, 0.15) is 0 Å². The van der Waals surface area contributed by atoms with Gasteiger partial charge in [0, 0.05) is 13.1 Å². The van der Waals surface area contributed by atoms with Gasteiger partial charge in [-0.25, -0.2) is 13.8 Å². The molecule has 0 unspecified atom stereocenters. The average molecular weight is 510 g/mol. The number of para-hydroxylation sites is 2. The molecule has 10 nitrogen and oxygen atoms in total. The van der Waals surface area contributed by atoms with E-state index in [1.807, 2.05) is 35.2 Å². The number of ether oxygens (including phenoxy) is 2. The van der Waals surface area contributed by atoms with Crippen LogP contribution in [0.4, 0.5) is 20.7 Å². The molecule has 1 saturated heterocycles. The van der Waals surface area contributed by atoms with E-state index in [-0.39, 0.29) is 18.3 Å². The first kappa shape index (κ1) is 24.5. The van der Waals surface area contributed by atoms with Crippen LogP contribution in [0.5, 0.6) is 0 Å². The van der Waals surface area contributed by atoms with Gasteiger partial charge in [-0.05, 0) is 17.7 Å². The van der Waals surface area contributed by atoms with Crippen LogP contribution in [0.3, 0.4) is 0 Å². The van der Waals surface area contributed by atoms with Gasteiger partial charge in [-0.3, -0.25) is 9.36 Å². The first-order chi connectivity index (χ1) is 18.0. The number of benzene rings is 2. The number of nitrogens with one attached hydrogen (secondary N) is 1. The second-order valence-electron chi connectivity index (χ2n) is 8.34. The van der Waals surface area contributed by atoms with Crippen molar-refractivity contribution in [1.29, 1.82) is 0 Å². The molecule has 0 bridgehead atoms. The number of halogens is 2. The van der Waals surface area contributed by atoms with Crippen LogP contribution < -0.4 is 10.2 Å². The molecular weight excluding hydrogens is 484 g/mol. The molecule has 0 aliphatic carbocycles. The number of rotatable bonds is 8. The molecule has 5 rings (SSSR count). The van der Waals surface area contributed by atoms with E-state index >= 15 is 0 Å². The van der Waals surface area contributed by atoms with E-state index in [9.17, 15) is 13.6 Å². The summed E-state index contributed by atoms with van der Waals surface area (Å²) in [5.74, 6) is -0.473. The molecule has 4 aromatic rings. The van der Waals surface area contributed by atoms with Crippen molar-refractivity contribution in [2.24, 2.45) is 0 Å². The minimum Gasteiger partial charge on any atom is -0.469 e. The Balaban J connectivity index is 1.63. The summed E-state index contributed by atoms with van der Waals surface area (Å²) in [5, 5.41) is 3.20. The molecular formula is C25H25F2N7O3. The van der Waals surface area contributed by atoms with Crippen LogP contribution in [0.2, 0.25) is 0 Å². The summed E-state index contributed by atoms with van der Waals surface area (Å²) >= 11 is 0. The van der Waals surface area contributed by atoms with Gasteiger partial charge in [-0.15, -0.1) is 0 Å². The van der Waals surface area contributed by atoms with E-state index < -0.39 is 24.3 Å². The van der Waals surface area contributed by atoms with Crippen molar-refractivity contribution < 1.29 is 23.0 Å². The van der Waals surface area contributed by atoms with Gasteiger partial charge in [-0.2, -0.15) is 15.0 Å². The fourth-order valence-corrected chi connectivity index (χ4v) is 4.17. The summed E-state index contributed by atoms with van der Waals surface area (Å²) in [6.07, 6.45) is -2.85. The van der Waals surface area contributed by atoms with Crippen LogP contribution in [-0.2, 0) is 14.3 Å². The molecule has 2 aromatic carbocycles. The van der Waals surface area contributed by atoms with Crippen molar-refractivity contribution in [2.45, 2.75) is 18.9 Å². The number of aromatic nitrogens is 5. The van der Waals surface area contributed by atoms with E-state index in [4.69, 9.17) is 9.47 Å². The standard InChI is InChI=1S/C25H25F2N7O3/c1-36-20(35)15-18(16-7-3-2-4-8-16)29-23-30-24(33-11-13-37-14-12-33)32-25(31-23)34-19-10-6-5-9-17(19)28-22(34)21(26)27/h2-10,18,21H,11-15H2,1H3,(H,29,30,31,32)/t18-/m0/s1. The smallest absolute Gasteiger partial charge is 0.307 e. The molecule has 3 heterocycles. The maximum atomic E-state index is 14.1. The lowest BCUT2D eigenvalue weighted by Gasteiger charge is -2.27. The highest BCUT2D eigenvalue weighted by molar-refractivity contribution is 5.77. The Kier molecular flexibility index (Phi) is 7.17. The van der Waals surface area contributed by atoms with Crippen LogP contribution in [0.15, 0.2) is 54.6 Å². The maximum Gasteiger partial charge on any atom is 0.307 e. The first-order valence-corrected chi connectivity index (χ1v) is 11.8. The number of anilines is 2. The van der Waals surface area contributed by atoms with E-state index in [0.717, 1.165) is 5.56 Å². The van der Waals surface area contributed by atoms with Gasteiger partial charge in [-0.1, -0.05) is 42.5 Å². The van der Waals surface area contributed by atoms with Gasteiger partial charge in [0.15, 0.2) is 5.82 Å². The number of hydrogen-bond donors (Lipinski definition) is 1. The second kappa shape index (κ2) is 10.8. The maximum absolute atomic E-state index is 14.1. The summed E-state index contributed by atoms with van der Waals surface area (Å²) in [6, 6.07) is 15.6. The minimum absolute atomic E-state index is 0.00467. The Labute approximate surface area is 211 Å². The first-order valence-electron chi connectivity index (χ1n) is 11.8. The fraction of sp³-hybridized carbons (Fsp3) is 0.320. The van der Waals surface area contributed by atoms with Gasteiger partial charge in [0.2, 0.25) is 17.8 Å². The third-order valence-electron chi connectivity index (χ3n) is 5.99. The number of carbonyl (C=O) groups excluding carboxylic acids is 1. The van der Waals surface area contributed by atoms with Gasteiger partial charge in [0.05, 0.1) is 43.8 Å². The molecule has 12 heteroatoms. The Morgan fingerprint density at radius 2 is 1.70 bits per heavy atom. The van der Waals surface area contributed by atoms with Crippen molar-refractivity contribution >= 4 is 28.9 Å². The zero-order valence-corrected chi connectivity index (χ0v) is 20.1. The van der Waals surface area contributed by atoms with Crippen molar-refractivity contribution in [3.63, 3.8) is 0 Å².